The number of ketones is 1. The van der Waals surface area contributed by atoms with E-state index in [1.165, 1.54) is 0 Å². The van der Waals surface area contributed by atoms with Crippen molar-refractivity contribution in [2.45, 2.75) is 26.8 Å². The zero-order chi connectivity index (χ0) is 11.5. The number of hydrogen-bond donors (Lipinski definition) is 0. The van der Waals surface area contributed by atoms with E-state index in [9.17, 15) is 4.79 Å². The summed E-state index contributed by atoms with van der Waals surface area (Å²) in [5.74, 6) is 1.24. The van der Waals surface area contributed by atoms with Gasteiger partial charge in [-0.2, -0.15) is 4.98 Å². The van der Waals surface area contributed by atoms with Gasteiger partial charge in [0.05, 0.1) is 12.2 Å². The second-order valence-corrected chi connectivity index (χ2v) is 3.54. The van der Waals surface area contributed by atoms with Crippen LogP contribution in [0.1, 0.15) is 36.1 Å². The molecule has 0 atom stereocenters. The summed E-state index contributed by atoms with van der Waals surface area (Å²) in [6.45, 7) is 3.96. The van der Waals surface area contributed by atoms with Crippen molar-refractivity contribution in [1.82, 2.24) is 14.7 Å². The van der Waals surface area contributed by atoms with Crippen molar-refractivity contribution < 1.29 is 9.32 Å². The maximum atomic E-state index is 11.3. The molecule has 0 spiro atoms. The number of rotatable bonds is 4. The Labute approximate surface area is 93.1 Å². The van der Waals surface area contributed by atoms with Crippen LogP contribution in [0, 0.1) is 0 Å². The molecule has 2 aromatic rings. The van der Waals surface area contributed by atoms with E-state index in [1.807, 2.05) is 23.8 Å². The molecule has 0 amide bonds. The number of carbonyl (C=O) groups excluding carboxylic acids is 1. The Kier molecular flexibility index (Phi) is 2.85. The largest absolute Gasteiger partial charge is 0.339 e. The molecule has 0 aliphatic carbocycles. The lowest BCUT2D eigenvalue weighted by molar-refractivity contribution is 0.100. The third-order valence-corrected chi connectivity index (χ3v) is 2.31. The third kappa shape index (κ3) is 2.03. The summed E-state index contributed by atoms with van der Waals surface area (Å²) in [5, 5.41) is 3.84. The minimum atomic E-state index is 0.0317. The van der Waals surface area contributed by atoms with Crippen LogP contribution < -0.4 is 0 Å². The highest BCUT2D eigenvalue weighted by Gasteiger charge is 2.09. The molecule has 0 aromatic carbocycles. The van der Waals surface area contributed by atoms with E-state index in [0.717, 1.165) is 6.42 Å². The predicted molar refractivity (Wildman–Crippen MR) is 57.2 cm³/mol. The number of aromatic nitrogens is 3. The van der Waals surface area contributed by atoms with Gasteiger partial charge in [-0.3, -0.25) is 4.79 Å². The van der Waals surface area contributed by atoms with Crippen LogP contribution in [0.15, 0.2) is 22.9 Å². The Morgan fingerprint density at radius 1 is 1.56 bits per heavy atom. The van der Waals surface area contributed by atoms with Crippen LogP contribution in [-0.4, -0.2) is 20.5 Å². The first-order valence-electron chi connectivity index (χ1n) is 5.18. The molecule has 2 heterocycles. The molecule has 0 aliphatic rings. The van der Waals surface area contributed by atoms with Crippen molar-refractivity contribution in [3.63, 3.8) is 0 Å². The second-order valence-electron chi connectivity index (χ2n) is 3.54. The smallest absolute Gasteiger partial charge is 0.226 e. The monoisotopic (exact) mass is 219 g/mol. The number of carbonyl (C=O) groups is 1. The average molecular weight is 219 g/mol. The fourth-order valence-corrected chi connectivity index (χ4v) is 1.52. The molecular weight excluding hydrogens is 206 g/mol. The van der Waals surface area contributed by atoms with Crippen molar-refractivity contribution in [1.29, 1.82) is 0 Å². The van der Waals surface area contributed by atoms with Gasteiger partial charge in [0.1, 0.15) is 0 Å². The summed E-state index contributed by atoms with van der Waals surface area (Å²) < 4.78 is 6.82. The van der Waals surface area contributed by atoms with Crippen LogP contribution in [0.4, 0.5) is 0 Å². The normalized spacial score (nSPS) is 10.6. The lowest BCUT2D eigenvalue weighted by Crippen LogP contribution is -2.07. The Morgan fingerprint density at radius 2 is 2.38 bits per heavy atom. The van der Waals surface area contributed by atoms with Crippen LogP contribution in [0.25, 0.3) is 0 Å². The first-order chi connectivity index (χ1) is 7.70. The molecule has 0 unspecified atom stereocenters. The predicted octanol–water partition coefficient (Wildman–Crippen LogP) is 1.68. The maximum absolute atomic E-state index is 11.3. The summed E-state index contributed by atoms with van der Waals surface area (Å²) >= 11 is 0. The van der Waals surface area contributed by atoms with E-state index < -0.39 is 0 Å². The fourth-order valence-electron chi connectivity index (χ4n) is 1.52. The van der Waals surface area contributed by atoms with E-state index in [-0.39, 0.29) is 5.78 Å². The second kappa shape index (κ2) is 4.30. The Morgan fingerprint density at radius 3 is 3.00 bits per heavy atom. The molecular formula is C11H13N3O2. The molecule has 16 heavy (non-hydrogen) atoms. The first-order valence-corrected chi connectivity index (χ1v) is 5.18. The molecule has 0 saturated carbocycles. The van der Waals surface area contributed by atoms with Gasteiger partial charge < -0.3 is 9.09 Å². The Bertz CT molecular complexity index is 499. The van der Waals surface area contributed by atoms with Crippen LogP contribution >= 0.6 is 0 Å². The fraction of sp³-hybridized carbons (Fsp3) is 0.364. The van der Waals surface area contributed by atoms with Gasteiger partial charge in [-0.25, -0.2) is 0 Å². The summed E-state index contributed by atoms with van der Waals surface area (Å²) in [4.78, 5) is 15.5. The molecule has 0 radical (unpaired) electrons. The maximum Gasteiger partial charge on any atom is 0.226 e. The van der Waals surface area contributed by atoms with Gasteiger partial charge in [-0.15, -0.1) is 0 Å². The van der Waals surface area contributed by atoms with Crippen molar-refractivity contribution in [2.24, 2.45) is 0 Å². The molecule has 5 nitrogen and oxygen atoms in total. The number of aryl methyl sites for hydroxylation is 1. The molecule has 0 aliphatic heterocycles. The highest BCUT2D eigenvalue weighted by molar-refractivity contribution is 5.92. The number of Topliss-reactive ketones (excluding diaryl/α,β-unsaturated/α-hetero) is 1. The van der Waals surface area contributed by atoms with E-state index in [1.54, 1.807) is 13.0 Å². The highest BCUT2D eigenvalue weighted by atomic mass is 16.5. The van der Waals surface area contributed by atoms with Gasteiger partial charge >= 0.3 is 0 Å². The van der Waals surface area contributed by atoms with Crippen molar-refractivity contribution in [3.8, 4) is 0 Å². The summed E-state index contributed by atoms with van der Waals surface area (Å²) in [7, 11) is 0. The lowest BCUT2D eigenvalue weighted by Gasteiger charge is -2.02. The van der Waals surface area contributed by atoms with Gasteiger partial charge in [0, 0.05) is 19.5 Å². The van der Waals surface area contributed by atoms with Gasteiger partial charge in [0.15, 0.2) is 11.6 Å². The molecule has 0 bridgehead atoms. The zero-order valence-electron chi connectivity index (χ0n) is 9.30. The van der Waals surface area contributed by atoms with E-state index in [2.05, 4.69) is 10.1 Å². The van der Waals surface area contributed by atoms with E-state index in [4.69, 9.17) is 4.52 Å². The van der Waals surface area contributed by atoms with E-state index in [0.29, 0.717) is 24.0 Å². The van der Waals surface area contributed by atoms with Crippen molar-refractivity contribution in [3.05, 3.63) is 35.7 Å². The minimum absolute atomic E-state index is 0.0317. The van der Waals surface area contributed by atoms with E-state index >= 15 is 0 Å². The summed E-state index contributed by atoms with van der Waals surface area (Å²) in [5.41, 5.74) is 0.655. The number of nitrogens with zero attached hydrogens (tertiary/aromatic N) is 3. The minimum Gasteiger partial charge on any atom is -0.339 e. The number of hydrogen-bond acceptors (Lipinski definition) is 4. The Balaban J connectivity index is 2.20. The quantitative estimate of drug-likeness (QED) is 0.734. The topological polar surface area (TPSA) is 60.9 Å². The first kappa shape index (κ1) is 10.6. The van der Waals surface area contributed by atoms with Crippen LogP contribution in [0.5, 0.6) is 0 Å². The molecule has 84 valence electrons. The average Bonchev–Trinajstić information content (AvgIpc) is 2.87. The SMILES string of the molecule is CCc1nc(Cn2cccc2C(C)=O)no1. The van der Waals surface area contributed by atoms with Crippen LogP contribution in [0.2, 0.25) is 0 Å². The van der Waals surface area contributed by atoms with Crippen LogP contribution in [0.3, 0.4) is 0 Å². The van der Waals surface area contributed by atoms with Gasteiger partial charge in [0.2, 0.25) is 5.89 Å². The third-order valence-electron chi connectivity index (χ3n) is 2.31. The van der Waals surface area contributed by atoms with Crippen LogP contribution in [-0.2, 0) is 13.0 Å². The van der Waals surface area contributed by atoms with Crippen molar-refractivity contribution >= 4 is 5.78 Å². The lowest BCUT2D eigenvalue weighted by atomic mass is 10.3. The molecule has 2 rings (SSSR count). The molecule has 0 saturated heterocycles. The molecule has 0 fully saturated rings. The van der Waals surface area contributed by atoms with Crippen molar-refractivity contribution in [2.75, 3.05) is 0 Å². The standard InChI is InChI=1S/C11H13N3O2/c1-3-11-12-10(13-16-11)7-14-6-4-5-9(14)8(2)15/h4-6H,3,7H2,1-2H3. The molecule has 5 heteroatoms. The van der Waals surface area contributed by atoms with Gasteiger partial charge in [-0.05, 0) is 12.1 Å². The highest BCUT2D eigenvalue weighted by Crippen LogP contribution is 2.07. The van der Waals surface area contributed by atoms with Gasteiger partial charge in [0.25, 0.3) is 0 Å². The van der Waals surface area contributed by atoms with Gasteiger partial charge in [-0.1, -0.05) is 12.1 Å². The summed E-state index contributed by atoms with van der Waals surface area (Å²) in [6.07, 6.45) is 2.55. The molecule has 2 aromatic heterocycles. The molecule has 0 N–H and O–H groups in total. The summed E-state index contributed by atoms with van der Waals surface area (Å²) in [6, 6.07) is 3.61. The zero-order valence-corrected chi connectivity index (χ0v) is 9.30. The Hall–Kier alpha value is -1.91.